The Bertz CT molecular complexity index is 366. The molecule has 0 radical (unpaired) electrons. The summed E-state index contributed by atoms with van der Waals surface area (Å²) in [7, 11) is 0. The zero-order valence-corrected chi connectivity index (χ0v) is 9.93. The molecule has 4 heteroatoms. The summed E-state index contributed by atoms with van der Waals surface area (Å²) in [6.45, 7) is 0.712. The van der Waals surface area contributed by atoms with Crippen LogP contribution in [0.1, 0.15) is 47.6 Å². The van der Waals surface area contributed by atoms with E-state index in [0.717, 1.165) is 31.2 Å². The molecule has 0 aliphatic rings. The Balaban J connectivity index is 2.53. The predicted octanol–water partition coefficient (Wildman–Crippen LogP) is 1.90. The van der Waals surface area contributed by atoms with E-state index in [9.17, 15) is 4.79 Å². The number of rotatable bonds is 7. The second-order valence-electron chi connectivity index (χ2n) is 4.18. The number of carboxylic acid groups (broad SMARTS) is 1. The van der Waals surface area contributed by atoms with Crippen LogP contribution < -0.4 is 11.5 Å². The van der Waals surface area contributed by atoms with Crippen LogP contribution in [0.3, 0.4) is 0 Å². The third-order valence-electron chi connectivity index (χ3n) is 2.78. The molecular formula is C13H20N2O2. The van der Waals surface area contributed by atoms with Crippen molar-refractivity contribution in [3.8, 4) is 0 Å². The highest BCUT2D eigenvalue weighted by Crippen LogP contribution is 2.18. The first-order chi connectivity index (χ1) is 8.15. The minimum atomic E-state index is -0.915. The summed E-state index contributed by atoms with van der Waals surface area (Å²) in [6, 6.07) is 6.74. The van der Waals surface area contributed by atoms with Gasteiger partial charge in [0.25, 0.3) is 0 Å². The Morgan fingerprint density at radius 2 is 2.06 bits per heavy atom. The molecule has 0 fully saturated rings. The quantitative estimate of drug-likeness (QED) is 0.631. The molecule has 0 bridgehead atoms. The molecular weight excluding hydrogens is 216 g/mol. The Morgan fingerprint density at radius 1 is 1.29 bits per heavy atom. The molecule has 0 aliphatic heterocycles. The van der Waals surface area contributed by atoms with Crippen molar-refractivity contribution in [2.75, 3.05) is 6.54 Å². The first kappa shape index (κ1) is 13.7. The van der Waals surface area contributed by atoms with E-state index in [1.54, 1.807) is 18.2 Å². The molecule has 0 heterocycles. The summed E-state index contributed by atoms with van der Waals surface area (Å²) < 4.78 is 0. The molecule has 94 valence electrons. The lowest BCUT2D eigenvalue weighted by molar-refractivity contribution is 0.0696. The molecule has 17 heavy (non-hydrogen) atoms. The molecule has 1 atom stereocenters. The maximum absolute atomic E-state index is 10.8. The van der Waals surface area contributed by atoms with Gasteiger partial charge in [0.1, 0.15) is 0 Å². The number of nitrogens with two attached hydrogens (primary N) is 2. The molecule has 0 amide bonds. The van der Waals surface area contributed by atoms with Gasteiger partial charge >= 0.3 is 5.97 Å². The second-order valence-corrected chi connectivity index (χ2v) is 4.18. The minimum absolute atomic E-state index is 0.0907. The maximum Gasteiger partial charge on any atom is 0.335 e. The van der Waals surface area contributed by atoms with Gasteiger partial charge in [-0.15, -0.1) is 0 Å². The standard InChI is InChI=1S/C13H20N2O2/c14-8-3-1-2-7-12(15)10-5-4-6-11(9-10)13(16)17/h4-6,9,12H,1-3,7-8,14-15H2,(H,16,17). The van der Waals surface area contributed by atoms with Gasteiger partial charge in [-0.3, -0.25) is 0 Å². The van der Waals surface area contributed by atoms with E-state index >= 15 is 0 Å². The zero-order chi connectivity index (χ0) is 12.7. The highest BCUT2D eigenvalue weighted by molar-refractivity contribution is 5.87. The summed E-state index contributed by atoms with van der Waals surface area (Å²) in [5, 5.41) is 8.88. The number of unbranched alkanes of at least 4 members (excludes halogenated alkanes) is 2. The van der Waals surface area contributed by atoms with Gasteiger partial charge in [0, 0.05) is 6.04 Å². The minimum Gasteiger partial charge on any atom is -0.478 e. The van der Waals surface area contributed by atoms with E-state index in [-0.39, 0.29) is 6.04 Å². The fourth-order valence-corrected chi connectivity index (χ4v) is 1.75. The normalized spacial score (nSPS) is 12.4. The van der Waals surface area contributed by atoms with Crippen molar-refractivity contribution < 1.29 is 9.90 Å². The number of benzene rings is 1. The molecule has 5 N–H and O–H groups in total. The Hall–Kier alpha value is -1.39. The van der Waals surface area contributed by atoms with Crippen LogP contribution >= 0.6 is 0 Å². The van der Waals surface area contributed by atoms with Crippen LogP contribution in [-0.4, -0.2) is 17.6 Å². The lowest BCUT2D eigenvalue weighted by Crippen LogP contribution is -2.11. The van der Waals surface area contributed by atoms with Crippen LogP contribution in [0.15, 0.2) is 24.3 Å². The highest BCUT2D eigenvalue weighted by Gasteiger charge is 2.08. The van der Waals surface area contributed by atoms with Gasteiger partial charge in [-0.25, -0.2) is 4.79 Å². The monoisotopic (exact) mass is 236 g/mol. The number of hydrogen-bond donors (Lipinski definition) is 3. The van der Waals surface area contributed by atoms with E-state index in [1.807, 2.05) is 6.07 Å². The molecule has 1 aromatic carbocycles. The van der Waals surface area contributed by atoms with Crippen LogP contribution in [0.25, 0.3) is 0 Å². The molecule has 0 aromatic heterocycles. The molecule has 0 spiro atoms. The van der Waals surface area contributed by atoms with Gasteiger partial charge < -0.3 is 16.6 Å². The van der Waals surface area contributed by atoms with Crippen LogP contribution in [0.5, 0.6) is 0 Å². The van der Waals surface area contributed by atoms with Crippen LogP contribution in [-0.2, 0) is 0 Å². The third kappa shape index (κ3) is 4.54. The van der Waals surface area contributed by atoms with Gasteiger partial charge in [-0.1, -0.05) is 25.0 Å². The van der Waals surface area contributed by atoms with Gasteiger partial charge in [-0.05, 0) is 37.1 Å². The maximum atomic E-state index is 10.8. The summed E-state index contributed by atoms with van der Waals surface area (Å²) in [4.78, 5) is 10.8. The summed E-state index contributed by atoms with van der Waals surface area (Å²) in [5.41, 5.74) is 12.6. The van der Waals surface area contributed by atoms with Gasteiger partial charge in [-0.2, -0.15) is 0 Å². The SMILES string of the molecule is NCCCCCC(N)c1cccc(C(=O)O)c1. The summed E-state index contributed by atoms with van der Waals surface area (Å²) in [5.74, 6) is -0.915. The topological polar surface area (TPSA) is 89.3 Å². The van der Waals surface area contributed by atoms with E-state index < -0.39 is 5.97 Å². The summed E-state index contributed by atoms with van der Waals surface area (Å²) >= 11 is 0. The molecule has 1 aromatic rings. The van der Waals surface area contributed by atoms with Crippen molar-refractivity contribution >= 4 is 5.97 Å². The second kappa shape index (κ2) is 7.04. The predicted molar refractivity (Wildman–Crippen MR) is 67.9 cm³/mol. The average Bonchev–Trinajstić information content (AvgIpc) is 2.34. The zero-order valence-electron chi connectivity index (χ0n) is 9.93. The van der Waals surface area contributed by atoms with Crippen LogP contribution in [0, 0.1) is 0 Å². The molecule has 0 saturated heterocycles. The highest BCUT2D eigenvalue weighted by atomic mass is 16.4. The molecule has 1 rings (SSSR count). The number of carbonyl (C=O) groups is 1. The van der Waals surface area contributed by atoms with E-state index in [2.05, 4.69) is 0 Å². The number of aromatic carboxylic acids is 1. The Labute approximate surface area is 102 Å². The first-order valence-corrected chi connectivity index (χ1v) is 5.94. The van der Waals surface area contributed by atoms with Gasteiger partial charge in [0.15, 0.2) is 0 Å². The van der Waals surface area contributed by atoms with Crippen molar-refractivity contribution in [3.63, 3.8) is 0 Å². The van der Waals surface area contributed by atoms with E-state index in [1.165, 1.54) is 0 Å². The first-order valence-electron chi connectivity index (χ1n) is 5.94. The van der Waals surface area contributed by atoms with E-state index in [4.69, 9.17) is 16.6 Å². The van der Waals surface area contributed by atoms with Crippen molar-refractivity contribution in [1.29, 1.82) is 0 Å². The molecule has 4 nitrogen and oxygen atoms in total. The average molecular weight is 236 g/mol. The smallest absolute Gasteiger partial charge is 0.335 e. The van der Waals surface area contributed by atoms with Crippen molar-refractivity contribution in [3.05, 3.63) is 35.4 Å². The Morgan fingerprint density at radius 3 is 2.71 bits per heavy atom. The van der Waals surface area contributed by atoms with E-state index in [0.29, 0.717) is 12.1 Å². The van der Waals surface area contributed by atoms with Gasteiger partial charge in [0.2, 0.25) is 0 Å². The molecule has 0 saturated carbocycles. The fourth-order valence-electron chi connectivity index (χ4n) is 1.75. The molecule has 0 aliphatic carbocycles. The van der Waals surface area contributed by atoms with Gasteiger partial charge in [0.05, 0.1) is 5.56 Å². The summed E-state index contributed by atoms with van der Waals surface area (Å²) in [6.07, 6.45) is 3.98. The molecule has 1 unspecified atom stereocenters. The lowest BCUT2D eigenvalue weighted by atomic mass is 9.99. The van der Waals surface area contributed by atoms with Crippen LogP contribution in [0.4, 0.5) is 0 Å². The largest absolute Gasteiger partial charge is 0.478 e. The van der Waals surface area contributed by atoms with Crippen molar-refractivity contribution in [2.24, 2.45) is 11.5 Å². The Kier molecular flexibility index (Phi) is 5.66. The van der Waals surface area contributed by atoms with Crippen molar-refractivity contribution in [1.82, 2.24) is 0 Å². The lowest BCUT2D eigenvalue weighted by Gasteiger charge is -2.12. The van der Waals surface area contributed by atoms with Crippen LogP contribution in [0.2, 0.25) is 0 Å². The fraction of sp³-hybridized carbons (Fsp3) is 0.462. The number of carboxylic acids is 1. The van der Waals surface area contributed by atoms with Crippen molar-refractivity contribution in [2.45, 2.75) is 31.7 Å². The third-order valence-corrected chi connectivity index (χ3v) is 2.78. The number of hydrogen-bond acceptors (Lipinski definition) is 3.